The molecule has 1 aromatic carbocycles. The van der Waals surface area contributed by atoms with E-state index in [2.05, 4.69) is 47.2 Å². The zero-order chi connectivity index (χ0) is 18.7. The second-order valence-corrected chi connectivity index (χ2v) is 7.97. The van der Waals surface area contributed by atoms with Crippen molar-refractivity contribution >= 4 is 34.4 Å². The third-order valence-corrected chi connectivity index (χ3v) is 5.71. The first-order valence-corrected chi connectivity index (χ1v) is 10.3. The number of fused-ring (bicyclic) bond motifs is 1. The molecule has 3 rings (SSSR count). The van der Waals surface area contributed by atoms with Gasteiger partial charge in [0.15, 0.2) is 0 Å². The number of thioether (sulfide) groups is 1. The number of hydrogen-bond acceptors (Lipinski definition) is 5. The molecule has 0 N–H and O–H groups in total. The van der Waals surface area contributed by atoms with Gasteiger partial charge in [-0.2, -0.15) is 0 Å². The Balaban J connectivity index is 1.77. The minimum atomic E-state index is 0.169. The molecule has 0 spiro atoms. The molecule has 2 heterocycles. The number of anilines is 1. The first kappa shape index (κ1) is 19.0. The highest BCUT2D eigenvalue weighted by Crippen LogP contribution is 2.26. The number of aryl methyl sites for hydroxylation is 1. The largest absolute Gasteiger partial charge is 0.355 e. The minimum absolute atomic E-state index is 0.169. The van der Waals surface area contributed by atoms with Gasteiger partial charge in [0.1, 0.15) is 5.82 Å². The van der Waals surface area contributed by atoms with Gasteiger partial charge in [-0.25, -0.2) is 4.98 Å². The van der Waals surface area contributed by atoms with Gasteiger partial charge >= 0.3 is 0 Å². The van der Waals surface area contributed by atoms with E-state index >= 15 is 0 Å². The van der Waals surface area contributed by atoms with Crippen LogP contribution in [0.15, 0.2) is 29.2 Å². The van der Waals surface area contributed by atoms with Gasteiger partial charge in [0, 0.05) is 50.6 Å². The lowest BCUT2D eigenvalue weighted by atomic mass is 10.1. The van der Waals surface area contributed by atoms with Crippen LogP contribution < -0.4 is 4.90 Å². The van der Waals surface area contributed by atoms with E-state index in [0.29, 0.717) is 6.54 Å². The van der Waals surface area contributed by atoms with Crippen molar-refractivity contribution in [3.8, 4) is 0 Å². The molecular weight excluding hydrogens is 344 g/mol. The third-order valence-electron chi connectivity index (χ3n) is 4.98. The summed E-state index contributed by atoms with van der Waals surface area (Å²) >= 11 is 1.75. The van der Waals surface area contributed by atoms with Crippen molar-refractivity contribution in [3.05, 3.63) is 29.8 Å². The Hall–Kier alpha value is -1.79. The number of hydrogen-bond donors (Lipinski definition) is 0. The average Bonchev–Trinajstić information content (AvgIpc) is 2.86. The summed E-state index contributed by atoms with van der Waals surface area (Å²) in [4.78, 5) is 24.4. The van der Waals surface area contributed by atoms with Gasteiger partial charge in [0.25, 0.3) is 0 Å². The number of aromatic nitrogens is 1. The molecule has 140 valence electrons. The van der Waals surface area contributed by atoms with Crippen LogP contribution in [-0.2, 0) is 4.79 Å². The van der Waals surface area contributed by atoms with E-state index in [1.54, 1.807) is 16.7 Å². The van der Waals surface area contributed by atoms with Crippen LogP contribution in [0.1, 0.15) is 12.0 Å². The number of amides is 1. The lowest BCUT2D eigenvalue weighted by Crippen LogP contribution is -2.38. The van der Waals surface area contributed by atoms with E-state index in [1.807, 2.05) is 14.1 Å². The Bertz CT molecular complexity index is 793. The molecule has 2 aromatic rings. The Morgan fingerprint density at radius 2 is 2.00 bits per heavy atom. The second kappa shape index (κ2) is 8.27. The summed E-state index contributed by atoms with van der Waals surface area (Å²) in [5.41, 5.74) is 2.33. The van der Waals surface area contributed by atoms with Gasteiger partial charge < -0.3 is 9.80 Å². The quantitative estimate of drug-likeness (QED) is 0.772. The first-order chi connectivity index (χ1) is 12.5. The highest BCUT2D eigenvalue weighted by atomic mass is 32.2. The summed E-state index contributed by atoms with van der Waals surface area (Å²) < 4.78 is 0. The Morgan fingerprint density at radius 1 is 1.19 bits per heavy atom. The second-order valence-electron chi connectivity index (χ2n) is 7.09. The Labute approximate surface area is 160 Å². The Morgan fingerprint density at radius 3 is 2.73 bits per heavy atom. The molecule has 1 amide bonds. The summed E-state index contributed by atoms with van der Waals surface area (Å²) in [5, 5.41) is 1.22. The van der Waals surface area contributed by atoms with Gasteiger partial charge in [-0.3, -0.25) is 9.69 Å². The molecule has 1 aliphatic heterocycles. The SMILES string of the molecule is CSc1ccc2c(C)cc(N3CCCN(CC(=O)N(C)C)CC3)nc2c1. The maximum atomic E-state index is 12.0. The van der Waals surface area contributed by atoms with Gasteiger partial charge in [0.2, 0.25) is 5.91 Å². The number of carbonyl (C=O) groups is 1. The van der Waals surface area contributed by atoms with Crippen molar-refractivity contribution in [3.63, 3.8) is 0 Å². The van der Waals surface area contributed by atoms with E-state index in [9.17, 15) is 4.79 Å². The molecule has 5 nitrogen and oxygen atoms in total. The van der Waals surface area contributed by atoms with Crippen molar-refractivity contribution < 1.29 is 4.79 Å². The number of carbonyl (C=O) groups excluding carboxylic acids is 1. The zero-order valence-corrected chi connectivity index (χ0v) is 17.0. The average molecular weight is 373 g/mol. The molecule has 0 bridgehead atoms. The van der Waals surface area contributed by atoms with E-state index in [-0.39, 0.29) is 5.91 Å². The fourth-order valence-corrected chi connectivity index (χ4v) is 3.78. The summed E-state index contributed by atoms with van der Waals surface area (Å²) in [6.07, 6.45) is 3.14. The first-order valence-electron chi connectivity index (χ1n) is 9.11. The maximum Gasteiger partial charge on any atom is 0.236 e. The molecule has 6 heteroatoms. The van der Waals surface area contributed by atoms with Gasteiger partial charge in [-0.15, -0.1) is 11.8 Å². The van der Waals surface area contributed by atoms with Crippen LogP contribution in [0.5, 0.6) is 0 Å². The van der Waals surface area contributed by atoms with Crippen LogP contribution >= 0.6 is 11.8 Å². The van der Waals surface area contributed by atoms with Crippen molar-refractivity contribution in [1.82, 2.24) is 14.8 Å². The van der Waals surface area contributed by atoms with Crippen molar-refractivity contribution in [2.75, 3.05) is 58.0 Å². The van der Waals surface area contributed by atoms with Gasteiger partial charge in [-0.1, -0.05) is 6.07 Å². The molecule has 1 aliphatic rings. The molecule has 0 atom stereocenters. The predicted octanol–water partition coefficient (Wildman–Crippen LogP) is 2.87. The molecule has 0 aliphatic carbocycles. The molecular formula is C20H28N4OS. The number of rotatable bonds is 4. The number of benzene rings is 1. The third kappa shape index (κ3) is 4.30. The maximum absolute atomic E-state index is 12.0. The normalized spacial score (nSPS) is 15.9. The van der Waals surface area contributed by atoms with Crippen LogP contribution in [0.4, 0.5) is 5.82 Å². The monoisotopic (exact) mass is 372 g/mol. The van der Waals surface area contributed by atoms with Crippen LogP contribution in [0.3, 0.4) is 0 Å². The van der Waals surface area contributed by atoms with Crippen LogP contribution in [0.2, 0.25) is 0 Å². The fourth-order valence-electron chi connectivity index (χ4n) is 3.34. The summed E-state index contributed by atoms with van der Waals surface area (Å²) in [6, 6.07) is 8.70. The molecule has 26 heavy (non-hydrogen) atoms. The molecule has 0 saturated carbocycles. The molecule has 1 aromatic heterocycles. The summed E-state index contributed by atoms with van der Waals surface area (Å²) in [5.74, 6) is 1.22. The van der Waals surface area contributed by atoms with Crippen LogP contribution in [0.25, 0.3) is 10.9 Å². The minimum Gasteiger partial charge on any atom is -0.355 e. The van der Waals surface area contributed by atoms with E-state index in [4.69, 9.17) is 4.98 Å². The molecule has 0 radical (unpaired) electrons. The van der Waals surface area contributed by atoms with Gasteiger partial charge in [-0.05, 0) is 43.4 Å². The van der Waals surface area contributed by atoms with Crippen molar-refractivity contribution in [2.24, 2.45) is 0 Å². The highest BCUT2D eigenvalue weighted by Gasteiger charge is 2.19. The van der Waals surface area contributed by atoms with Crippen molar-refractivity contribution in [1.29, 1.82) is 0 Å². The Kier molecular flexibility index (Phi) is 6.04. The highest BCUT2D eigenvalue weighted by molar-refractivity contribution is 7.98. The van der Waals surface area contributed by atoms with Crippen LogP contribution in [-0.4, -0.2) is 73.8 Å². The lowest BCUT2D eigenvalue weighted by molar-refractivity contribution is -0.129. The fraction of sp³-hybridized carbons (Fsp3) is 0.500. The molecule has 1 saturated heterocycles. The van der Waals surface area contributed by atoms with E-state index in [1.165, 1.54) is 15.8 Å². The molecule has 1 fully saturated rings. The lowest BCUT2D eigenvalue weighted by Gasteiger charge is -2.24. The zero-order valence-electron chi connectivity index (χ0n) is 16.2. The smallest absolute Gasteiger partial charge is 0.236 e. The standard InChI is InChI=1S/C20H28N4OS/c1-15-12-19(21-18-13-16(26-4)6-7-17(15)18)24-9-5-8-23(10-11-24)14-20(25)22(2)3/h6-7,12-13H,5,8-11,14H2,1-4H3. The molecule has 0 unspecified atom stereocenters. The number of pyridine rings is 1. The topological polar surface area (TPSA) is 39.7 Å². The van der Waals surface area contributed by atoms with E-state index < -0.39 is 0 Å². The number of nitrogens with zero attached hydrogens (tertiary/aromatic N) is 4. The van der Waals surface area contributed by atoms with Crippen LogP contribution in [0, 0.1) is 6.92 Å². The van der Waals surface area contributed by atoms with E-state index in [0.717, 1.165) is 43.9 Å². The summed E-state index contributed by atoms with van der Waals surface area (Å²) in [7, 11) is 3.63. The summed E-state index contributed by atoms with van der Waals surface area (Å²) in [6.45, 7) is 6.39. The van der Waals surface area contributed by atoms with Crippen molar-refractivity contribution in [2.45, 2.75) is 18.2 Å². The van der Waals surface area contributed by atoms with Gasteiger partial charge in [0.05, 0.1) is 12.1 Å². The predicted molar refractivity (Wildman–Crippen MR) is 110 cm³/mol. The number of likely N-dealkylation sites (N-methyl/N-ethyl adjacent to an activating group) is 1.